The third-order valence-corrected chi connectivity index (χ3v) is 3.59. The van der Waals surface area contributed by atoms with Crippen molar-refractivity contribution >= 4 is 36.2 Å². The third kappa shape index (κ3) is 4.74. The summed E-state index contributed by atoms with van der Waals surface area (Å²) in [6.45, 7) is 4.36. The maximum Gasteiger partial charge on any atom is 0.222 e. The van der Waals surface area contributed by atoms with Crippen molar-refractivity contribution in [3.63, 3.8) is 0 Å². The minimum atomic E-state index is 0. The number of anilines is 2. The van der Waals surface area contributed by atoms with Crippen LogP contribution in [0, 0.1) is 6.92 Å². The van der Waals surface area contributed by atoms with Crippen molar-refractivity contribution in [3.05, 3.63) is 23.8 Å². The van der Waals surface area contributed by atoms with E-state index >= 15 is 0 Å². The first-order chi connectivity index (χ1) is 10.1. The van der Waals surface area contributed by atoms with Gasteiger partial charge >= 0.3 is 0 Å². The molecule has 0 amide bonds. The van der Waals surface area contributed by atoms with Gasteiger partial charge in [0.25, 0.3) is 0 Å². The number of hydrogen-bond donors (Lipinski definition) is 3. The van der Waals surface area contributed by atoms with E-state index in [9.17, 15) is 5.11 Å². The quantitative estimate of drug-likeness (QED) is 0.730. The fourth-order valence-electron chi connectivity index (χ4n) is 2.46. The molecule has 2 aromatic rings. The van der Waals surface area contributed by atoms with Crippen molar-refractivity contribution in [3.8, 4) is 0 Å². The highest BCUT2D eigenvalue weighted by atomic mass is 32.1. The lowest BCUT2D eigenvalue weighted by Gasteiger charge is -2.19. The Balaban J connectivity index is 0.00000242. The van der Waals surface area contributed by atoms with Crippen LogP contribution in [0.5, 0.6) is 0 Å². The summed E-state index contributed by atoms with van der Waals surface area (Å²) in [5.41, 5.74) is 7.81. The molecule has 0 unspecified atom stereocenters. The molecular formula is C16H26N4OS. The van der Waals surface area contributed by atoms with Crippen molar-refractivity contribution in [1.82, 2.24) is 9.97 Å². The van der Waals surface area contributed by atoms with Crippen LogP contribution in [0.4, 0.5) is 11.8 Å². The van der Waals surface area contributed by atoms with Gasteiger partial charge in [-0.1, -0.05) is 25.8 Å². The van der Waals surface area contributed by atoms with Gasteiger partial charge in [-0.3, -0.25) is 0 Å². The second kappa shape index (κ2) is 8.80. The van der Waals surface area contributed by atoms with Crippen LogP contribution in [0.25, 0.3) is 10.9 Å². The van der Waals surface area contributed by atoms with E-state index in [0.717, 1.165) is 41.5 Å². The number of benzene rings is 1. The zero-order valence-corrected chi connectivity index (χ0v) is 14.3. The van der Waals surface area contributed by atoms with Gasteiger partial charge in [0.2, 0.25) is 5.95 Å². The highest BCUT2D eigenvalue weighted by molar-refractivity contribution is 7.59. The first kappa shape index (κ1) is 18.5. The van der Waals surface area contributed by atoms with E-state index < -0.39 is 0 Å². The molecule has 22 heavy (non-hydrogen) atoms. The van der Waals surface area contributed by atoms with E-state index in [1.807, 2.05) is 25.1 Å². The Hall–Kier alpha value is -1.53. The Bertz CT molecular complexity index is 601. The van der Waals surface area contributed by atoms with E-state index in [-0.39, 0.29) is 32.1 Å². The number of aromatic nitrogens is 2. The molecule has 2 rings (SSSR count). The lowest BCUT2D eigenvalue weighted by atomic mass is 10.1. The second-order valence-corrected chi connectivity index (χ2v) is 5.45. The Morgan fingerprint density at radius 3 is 2.73 bits per heavy atom. The number of aryl methyl sites for hydroxylation is 1. The highest BCUT2D eigenvalue weighted by Gasteiger charge is 2.12. The Kier molecular flexibility index (Phi) is 7.41. The molecule has 0 saturated heterocycles. The van der Waals surface area contributed by atoms with Crippen LogP contribution in [-0.4, -0.2) is 27.7 Å². The van der Waals surface area contributed by atoms with Crippen LogP contribution in [0.15, 0.2) is 18.2 Å². The minimum absolute atomic E-state index is 0. The molecule has 1 heterocycles. The predicted molar refractivity (Wildman–Crippen MR) is 97.7 cm³/mol. The van der Waals surface area contributed by atoms with Crippen LogP contribution in [-0.2, 0) is 0 Å². The van der Waals surface area contributed by atoms with Gasteiger partial charge in [-0.15, -0.1) is 0 Å². The summed E-state index contributed by atoms with van der Waals surface area (Å²) in [5, 5.41) is 13.6. The summed E-state index contributed by atoms with van der Waals surface area (Å²) < 4.78 is 0. The number of nitrogens with two attached hydrogens (primary N) is 1. The van der Waals surface area contributed by atoms with Gasteiger partial charge in [-0.05, 0) is 37.5 Å². The number of nitrogens with zero attached hydrogens (tertiary/aromatic N) is 2. The maximum atomic E-state index is 9.22. The summed E-state index contributed by atoms with van der Waals surface area (Å²) >= 11 is 0. The van der Waals surface area contributed by atoms with E-state index in [4.69, 9.17) is 5.73 Å². The van der Waals surface area contributed by atoms with Gasteiger partial charge in [-0.2, -0.15) is 18.5 Å². The number of fused-ring (bicyclic) bond motifs is 1. The molecule has 0 saturated carbocycles. The van der Waals surface area contributed by atoms with Crippen molar-refractivity contribution in [2.75, 3.05) is 17.7 Å². The fraction of sp³-hybridized carbons (Fsp3) is 0.500. The summed E-state index contributed by atoms with van der Waals surface area (Å²) in [6, 6.07) is 6.27. The molecule has 0 aliphatic heterocycles. The normalized spacial score (nSPS) is 12.0. The Labute approximate surface area is 138 Å². The second-order valence-electron chi connectivity index (χ2n) is 5.45. The van der Waals surface area contributed by atoms with Gasteiger partial charge < -0.3 is 16.2 Å². The van der Waals surface area contributed by atoms with Crippen LogP contribution in [0.3, 0.4) is 0 Å². The Morgan fingerprint density at radius 1 is 1.27 bits per heavy atom. The van der Waals surface area contributed by atoms with Crippen LogP contribution in [0.1, 0.15) is 38.2 Å². The lowest BCUT2D eigenvalue weighted by Crippen LogP contribution is -2.22. The number of nitrogens with one attached hydrogen (secondary N) is 1. The summed E-state index contributed by atoms with van der Waals surface area (Å²) in [5.74, 6) is 1.03. The molecule has 6 heteroatoms. The first-order valence-corrected chi connectivity index (χ1v) is 7.55. The lowest BCUT2D eigenvalue weighted by molar-refractivity contribution is 0.276. The third-order valence-electron chi connectivity index (χ3n) is 3.59. The van der Waals surface area contributed by atoms with Gasteiger partial charge in [0, 0.05) is 18.0 Å². The first-order valence-electron chi connectivity index (χ1n) is 7.55. The largest absolute Gasteiger partial charge is 0.396 e. The molecule has 122 valence electrons. The topological polar surface area (TPSA) is 84.1 Å². The van der Waals surface area contributed by atoms with Crippen molar-refractivity contribution < 1.29 is 5.11 Å². The van der Waals surface area contributed by atoms with Crippen molar-refractivity contribution in [1.29, 1.82) is 0 Å². The number of hydrogen-bond acceptors (Lipinski definition) is 5. The summed E-state index contributed by atoms with van der Waals surface area (Å²) in [4.78, 5) is 8.62. The standard InChI is InChI=1S/C16H24N4O.H2S/c1-3-4-5-12(8-9-21)18-15-13-7-6-11(2)10-14(13)19-16(17)20-15;/h6-7,10,12,21H,3-5,8-9H2,1-2H3,(H3,17,18,19,20);1H2/t12-;/m0./s1. The molecule has 0 aliphatic carbocycles. The Morgan fingerprint density at radius 2 is 2.05 bits per heavy atom. The average molecular weight is 322 g/mol. The van der Waals surface area contributed by atoms with Crippen LogP contribution >= 0.6 is 13.5 Å². The van der Waals surface area contributed by atoms with Gasteiger partial charge in [0.05, 0.1) is 5.52 Å². The van der Waals surface area contributed by atoms with E-state index in [2.05, 4.69) is 22.2 Å². The highest BCUT2D eigenvalue weighted by Crippen LogP contribution is 2.24. The average Bonchev–Trinajstić information content (AvgIpc) is 2.44. The van der Waals surface area contributed by atoms with Gasteiger partial charge in [-0.25, -0.2) is 4.98 Å². The minimum Gasteiger partial charge on any atom is -0.396 e. The molecule has 0 spiro atoms. The van der Waals surface area contributed by atoms with Gasteiger partial charge in [0.1, 0.15) is 5.82 Å². The van der Waals surface area contributed by atoms with Crippen molar-refractivity contribution in [2.45, 2.75) is 45.6 Å². The van der Waals surface area contributed by atoms with Crippen molar-refractivity contribution in [2.24, 2.45) is 0 Å². The molecule has 0 radical (unpaired) electrons. The number of nitrogen functional groups attached to an aromatic ring is 1. The fourth-order valence-corrected chi connectivity index (χ4v) is 2.46. The zero-order chi connectivity index (χ0) is 15.2. The van der Waals surface area contributed by atoms with Gasteiger partial charge in [0.15, 0.2) is 0 Å². The smallest absolute Gasteiger partial charge is 0.222 e. The molecular weight excluding hydrogens is 296 g/mol. The monoisotopic (exact) mass is 322 g/mol. The number of aliphatic hydroxyl groups is 1. The molecule has 1 atom stereocenters. The summed E-state index contributed by atoms with van der Waals surface area (Å²) in [7, 11) is 0. The molecule has 0 aliphatic rings. The van der Waals surface area contributed by atoms with Crippen LogP contribution < -0.4 is 11.1 Å². The van der Waals surface area contributed by atoms with E-state index in [0.29, 0.717) is 6.42 Å². The van der Waals surface area contributed by atoms with E-state index in [1.54, 1.807) is 0 Å². The summed E-state index contributed by atoms with van der Waals surface area (Å²) in [6.07, 6.45) is 3.97. The molecule has 4 N–H and O–H groups in total. The van der Waals surface area contributed by atoms with Crippen LogP contribution in [0.2, 0.25) is 0 Å². The predicted octanol–water partition coefficient (Wildman–Crippen LogP) is 2.99. The number of unbranched alkanes of at least 4 members (excludes halogenated alkanes) is 1. The molecule has 5 nitrogen and oxygen atoms in total. The number of aliphatic hydroxyl groups excluding tert-OH is 1. The SMILES string of the molecule is CCCC[C@@H](CCO)Nc1nc(N)nc2cc(C)ccc12.S. The van der Waals surface area contributed by atoms with E-state index in [1.165, 1.54) is 0 Å². The zero-order valence-electron chi connectivity index (χ0n) is 13.3. The number of rotatable bonds is 7. The molecule has 1 aromatic carbocycles. The molecule has 1 aromatic heterocycles. The maximum absolute atomic E-state index is 9.22. The molecule has 0 bridgehead atoms. The molecule has 0 fully saturated rings.